The number of piperazine rings is 1. The minimum atomic E-state index is -3.09. The van der Waals surface area contributed by atoms with Crippen LogP contribution in [-0.2, 0) is 14.6 Å². The third-order valence-corrected chi connectivity index (χ3v) is 7.44. The first-order valence-electron chi connectivity index (χ1n) is 9.82. The Hall–Kier alpha value is -2.62. The average molecular weight is 436 g/mol. The van der Waals surface area contributed by atoms with Crippen LogP contribution in [0.5, 0.6) is 0 Å². The van der Waals surface area contributed by atoms with Crippen LogP contribution in [0.1, 0.15) is 24.4 Å². The quantitative estimate of drug-likeness (QED) is 0.732. The average Bonchev–Trinajstić information content (AvgIpc) is 2.74. The van der Waals surface area contributed by atoms with Gasteiger partial charge in [0, 0.05) is 31.1 Å². The number of hydrogen-bond donors (Lipinski definition) is 0. The van der Waals surface area contributed by atoms with Gasteiger partial charge in [-0.3, -0.25) is 4.79 Å². The molecule has 0 bridgehead atoms. The molecular formula is C20H22F2N4O3S. The standard InChI is InChI=1S/C20H22F2N4O3S/c21-15-11-23-20(24-12-15)25-7-8-26(18(13-25)16-3-1-2-4-17(16)22)19(27)14-5-9-30(28,29)10-6-14/h1-4,11-12,14,18H,5-10,13H2. The molecule has 1 amide bonds. The number of aromatic nitrogens is 2. The molecule has 2 saturated heterocycles. The van der Waals surface area contributed by atoms with Crippen molar-refractivity contribution >= 4 is 21.7 Å². The molecule has 2 fully saturated rings. The highest BCUT2D eigenvalue weighted by atomic mass is 32.2. The van der Waals surface area contributed by atoms with Crippen molar-refractivity contribution < 1.29 is 22.0 Å². The maximum atomic E-state index is 14.6. The van der Waals surface area contributed by atoms with Crippen LogP contribution in [-0.4, -0.2) is 60.3 Å². The molecule has 0 saturated carbocycles. The van der Waals surface area contributed by atoms with Crippen molar-refractivity contribution in [1.82, 2.24) is 14.9 Å². The molecule has 0 spiro atoms. The van der Waals surface area contributed by atoms with E-state index < -0.39 is 33.4 Å². The van der Waals surface area contributed by atoms with Gasteiger partial charge in [-0.15, -0.1) is 0 Å². The number of carbonyl (C=O) groups is 1. The number of halogens is 2. The van der Waals surface area contributed by atoms with Gasteiger partial charge in [0.15, 0.2) is 5.82 Å². The normalized spacial score (nSPS) is 22.1. The fourth-order valence-corrected chi connectivity index (χ4v) is 5.57. The molecule has 0 radical (unpaired) electrons. The molecule has 1 unspecified atom stereocenters. The van der Waals surface area contributed by atoms with Crippen LogP contribution < -0.4 is 4.90 Å². The number of hydrogen-bond acceptors (Lipinski definition) is 6. The van der Waals surface area contributed by atoms with Crippen LogP contribution in [0.2, 0.25) is 0 Å². The first-order chi connectivity index (χ1) is 14.3. The summed E-state index contributed by atoms with van der Waals surface area (Å²) in [6, 6.07) is 5.70. The molecule has 160 valence electrons. The highest BCUT2D eigenvalue weighted by molar-refractivity contribution is 7.91. The van der Waals surface area contributed by atoms with Gasteiger partial charge < -0.3 is 9.80 Å². The Labute approximate surface area is 173 Å². The van der Waals surface area contributed by atoms with Gasteiger partial charge in [0.2, 0.25) is 11.9 Å². The minimum Gasteiger partial charge on any atom is -0.337 e. The number of anilines is 1. The molecule has 7 nitrogen and oxygen atoms in total. The van der Waals surface area contributed by atoms with Crippen LogP contribution in [0.3, 0.4) is 0 Å². The first-order valence-corrected chi connectivity index (χ1v) is 11.6. The summed E-state index contributed by atoms with van der Waals surface area (Å²) in [5, 5.41) is 0. The van der Waals surface area contributed by atoms with Crippen LogP contribution in [0.15, 0.2) is 36.7 Å². The lowest BCUT2D eigenvalue weighted by Gasteiger charge is -2.43. The molecule has 0 N–H and O–H groups in total. The lowest BCUT2D eigenvalue weighted by atomic mass is 9.96. The summed E-state index contributed by atoms with van der Waals surface area (Å²) >= 11 is 0. The van der Waals surface area contributed by atoms with Gasteiger partial charge in [-0.05, 0) is 18.9 Å². The number of carbonyl (C=O) groups excluding carboxylic acids is 1. The number of amides is 1. The third-order valence-electron chi connectivity index (χ3n) is 5.72. The van der Waals surface area contributed by atoms with E-state index in [0.29, 0.717) is 24.6 Å². The van der Waals surface area contributed by atoms with Gasteiger partial charge in [-0.1, -0.05) is 18.2 Å². The van der Waals surface area contributed by atoms with E-state index in [1.807, 2.05) is 0 Å². The monoisotopic (exact) mass is 436 g/mol. The van der Waals surface area contributed by atoms with Gasteiger partial charge in [0.05, 0.1) is 29.9 Å². The number of nitrogens with zero attached hydrogens (tertiary/aromatic N) is 4. The second kappa shape index (κ2) is 8.25. The van der Waals surface area contributed by atoms with E-state index in [1.165, 1.54) is 6.07 Å². The second-order valence-electron chi connectivity index (χ2n) is 7.64. The highest BCUT2D eigenvalue weighted by Gasteiger charge is 2.38. The third kappa shape index (κ3) is 4.28. The van der Waals surface area contributed by atoms with E-state index in [-0.39, 0.29) is 36.8 Å². The summed E-state index contributed by atoms with van der Waals surface area (Å²) in [6.45, 7) is 0.971. The van der Waals surface area contributed by atoms with Crippen molar-refractivity contribution in [3.8, 4) is 0 Å². The first kappa shape index (κ1) is 20.6. The molecule has 30 heavy (non-hydrogen) atoms. The second-order valence-corrected chi connectivity index (χ2v) is 9.95. The topological polar surface area (TPSA) is 83.5 Å². The predicted octanol–water partition coefficient (Wildman–Crippen LogP) is 1.97. The zero-order chi connectivity index (χ0) is 21.3. The SMILES string of the molecule is O=C(C1CCS(=O)(=O)CC1)N1CCN(c2ncc(F)cn2)CC1c1ccccc1F. The van der Waals surface area contributed by atoms with Gasteiger partial charge in [-0.2, -0.15) is 0 Å². The smallest absolute Gasteiger partial charge is 0.226 e. The molecule has 1 aromatic carbocycles. The van der Waals surface area contributed by atoms with Crippen LogP contribution in [0.4, 0.5) is 14.7 Å². The largest absolute Gasteiger partial charge is 0.337 e. The number of rotatable bonds is 3. The van der Waals surface area contributed by atoms with Crippen molar-refractivity contribution in [2.24, 2.45) is 5.92 Å². The highest BCUT2D eigenvalue weighted by Crippen LogP contribution is 2.32. The maximum Gasteiger partial charge on any atom is 0.226 e. The van der Waals surface area contributed by atoms with Crippen molar-refractivity contribution in [3.05, 3.63) is 53.9 Å². The van der Waals surface area contributed by atoms with Gasteiger partial charge in [0.25, 0.3) is 0 Å². The fourth-order valence-electron chi connectivity index (χ4n) is 4.08. The zero-order valence-electron chi connectivity index (χ0n) is 16.2. The van der Waals surface area contributed by atoms with E-state index >= 15 is 0 Å². The van der Waals surface area contributed by atoms with E-state index in [9.17, 15) is 22.0 Å². The summed E-state index contributed by atoms with van der Waals surface area (Å²) in [7, 11) is -3.09. The van der Waals surface area contributed by atoms with Gasteiger partial charge >= 0.3 is 0 Å². The molecule has 1 aromatic heterocycles. The van der Waals surface area contributed by atoms with E-state index in [2.05, 4.69) is 9.97 Å². The summed E-state index contributed by atoms with van der Waals surface area (Å²) in [4.78, 5) is 24.7. The van der Waals surface area contributed by atoms with Crippen LogP contribution in [0, 0.1) is 17.6 Å². The molecule has 3 heterocycles. The molecule has 4 rings (SSSR count). The Bertz CT molecular complexity index is 1020. The molecule has 10 heteroatoms. The predicted molar refractivity (Wildman–Crippen MR) is 106 cm³/mol. The Morgan fingerprint density at radius 3 is 2.37 bits per heavy atom. The number of benzene rings is 1. The van der Waals surface area contributed by atoms with Crippen molar-refractivity contribution in [1.29, 1.82) is 0 Å². The summed E-state index contributed by atoms with van der Waals surface area (Å²) in [5.41, 5.74) is 0.376. The molecule has 2 aliphatic heterocycles. The van der Waals surface area contributed by atoms with Crippen molar-refractivity contribution in [2.45, 2.75) is 18.9 Å². The Morgan fingerprint density at radius 2 is 1.70 bits per heavy atom. The summed E-state index contributed by atoms with van der Waals surface area (Å²) in [5.74, 6) is -1.21. The molecule has 0 aliphatic carbocycles. The Kier molecular flexibility index (Phi) is 5.68. The van der Waals surface area contributed by atoms with Crippen LogP contribution >= 0.6 is 0 Å². The molecule has 2 aromatic rings. The van der Waals surface area contributed by atoms with Gasteiger partial charge in [0.1, 0.15) is 15.7 Å². The molecular weight excluding hydrogens is 414 g/mol. The zero-order valence-corrected chi connectivity index (χ0v) is 17.1. The van der Waals surface area contributed by atoms with E-state index in [0.717, 1.165) is 12.4 Å². The fraction of sp³-hybridized carbons (Fsp3) is 0.450. The maximum absolute atomic E-state index is 14.6. The minimum absolute atomic E-state index is 0.00282. The summed E-state index contributed by atoms with van der Waals surface area (Å²) in [6.07, 6.45) is 2.71. The van der Waals surface area contributed by atoms with Gasteiger partial charge in [-0.25, -0.2) is 27.2 Å². The molecule has 1 atom stereocenters. The van der Waals surface area contributed by atoms with Crippen LogP contribution in [0.25, 0.3) is 0 Å². The lowest BCUT2D eigenvalue weighted by molar-refractivity contribution is -0.139. The van der Waals surface area contributed by atoms with E-state index in [4.69, 9.17) is 0 Å². The summed E-state index contributed by atoms with van der Waals surface area (Å²) < 4.78 is 51.3. The van der Waals surface area contributed by atoms with Crippen molar-refractivity contribution in [2.75, 3.05) is 36.0 Å². The lowest BCUT2D eigenvalue weighted by Crippen LogP contribution is -2.53. The Balaban J connectivity index is 1.60. The van der Waals surface area contributed by atoms with E-state index in [1.54, 1.807) is 28.0 Å². The Morgan fingerprint density at radius 1 is 1.03 bits per heavy atom. The van der Waals surface area contributed by atoms with Crippen molar-refractivity contribution in [3.63, 3.8) is 0 Å². The molecule has 2 aliphatic rings. The number of sulfone groups is 1.